The number of rotatable bonds is 7. The van der Waals surface area contributed by atoms with Gasteiger partial charge in [-0.15, -0.1) is 0 Å². The molecule has 0 saturated carbocycles. The molecule has 5 nitrogen and oxygen atoms in total. The largest absolute Gasteiger partial charge is 0.465 e. The van der Waals surface area contributed by atoms with Crippen LogP contribution in [-0.2, 0) is 9.53 Å². The van der Waals surface area contributed by atoms with Crippen molar-refractivity contribution < 1.29 is 14.3 Å². The quantitative estimate of drug-likeness (QED) is 0.617. The van der Waals surface area contributed by atoms with E-state index in [-0.39, 0.29) is 5.91 Å². The summed E-state index contributed by atoms with van der Waals surface area (Å²) in [6.45, 7) is 3.85. The van der Waals surface area contributed by atoms with Crippen molar-refractivity contribution in [3.8, 4) is 0 Å². The zero-order valence-electron chi connectivity index (χ0n) is 11.6. The molecule has 0 saturated heterocycles. The molecule has 0 fully saturated rings. The molecule has 106 valence electrons. The Morgan fingerprint density at radius 3 is 2.68 bits per heavy atom. The third kappa shape index (κ3) is 4.98. The lowest BCUT2D eigenvalue weighted by Crippen LogP contribution is -2.10. The molecule has 0 atom stereocenters. The van der Waals surface area contributed by atoms with E-state index >= 15 is 0 Å². The molecule has 1 rings (SSSR count). The molecule has 0 bridgehead atoms. The minimum absolute atomic E-state index is 0.0544. The molecule has 1 aromatic rings. The molecule has 0 aliphatic heterocycles. The number of hydrogen-bond donors (Lipinski definition) is 1. The van der Waals surface area contributed by atoms with Gasteiger partial charge in [0.1, 0.15) is 4.88 Å². The van der Waals surface area contributed by atoms with Crippen molar-refractivity contribution in [2.45, 2.75) is 46.0 Å². The van der Waals surface area contributed by atoms with Crippen molar-refractivity contribution in [2.24, 2.45) is 0 Å². The Bertz CT molecular complexity index is 443. The van der Waals surface area contributed by atoms with Crippen LogP contribution in [0.1, 0.15) is 54.4 Å². The lowest BCUT2D eigenvalue weighted by Gasteiger charge is -2.00. The molecular weight excluding hydrogens is 264 g/mol. The number of ether oxygens (including phenoxy) is 1. The maximum atomic E-state index is 11.7. The maximum absolute atomic E-state index is 11.7. The van der Waals surface area contributed by atoms with E-state index in [4.69, 9.17) is 0 Å². The van der Waals surface area contributed by atoms with Gasteiger partial charge in [-0.2, -0.15) is 0 Å². The summed E-state index contributed by atoms with van der Waals surface area (Å²) in [6.07, 6.45) is 4.74. The number of unbranched alkanes of at least 4 members (excludes halogenated alkanes) is 3. The molecule has 0 spiro atoms. The Morgan fingerprint density at radius 2 is 2.05 bits per heavy atom. The Morgan fingerprint density at radius 1 is 1.32 bits per heavy atom. The van der Waals surface area contributed by atoms with E-state index in [1.807, 2.05) is 0 Å². The highest BCUT2D eigenvalue weighted by Crippen LogP contribution is 2.23. The van der Waals surface area contributed by atoms with Gasteiger partial charge < -0.3 is 10.1 Å². The van der Waals surface area contributed by atoms with E-state index < -0.39 is 5.97 Å². The highest BCUT2D eigenvalue weighted by Gasteiger charge is 2.16. The summed E-state index contributed by atoms with van der Waals surface area (Å²) in [6, 6.07) is 0. The van der Waals surface area contributed by atoms with Gasteiger partial charge in [0.2, 0.25) is 5.91 Å². The Hall–Kier alpha value is -1.43. The molecule has 1 aromatic heterocycles. The Balaban J connectivity index is 2.48. The van der Waals surface area contributed by atoms with Crippen LogP contribution in [-0.4, -0.2) is 24.0 Å². The summed E-state index contributed by atoms with van der Waals surface area (Å²) in [7, 11) is 1.33. The highest BCUT2D eigenvalue weighted by molar-refractivity contribution is 7.17. The molecule has 0 aromatic carbocycles. The summed E-state index contributed by atoms with van der Waals surface area (Å²) in [5.41, 5.74) is 0.582. The second kappa shape index (κ2) is 7.89. The zero-order valence-corrected chi connectivity index (χ0v) is 12.4. The number of carbonyl (C=O) groups is 2. The summed E-state index contributed by atoms with van der Waals surface area (Å²) in [4.78, 5) is 27.7. The standard InChI is InChI=1S/C13H20N2O3S/c1-4-5-6-7-8-10(16)15-13-14-9(2)11(19-13)12(17)18-3/h4-8H2,1-3H3,(H,14,15,16). The van der Waals surface area contributed by atoms with Gasteiger partial charge in [0.15, 0.2) is 5.13 Å². The van der Waals surface area contributed by atoms with E-state index in [1.54, 1.807) is 6.92 Å². The van der Waals surface area contributed by atoms with Crippen LogP contribution in [0.15, 0.2) is 0 Å². The number of methoxy groups -OCH3 is 1. The van der Waals surface area contributed by atoms with E-state index in [0.717, 1.165) is 37.0 Å². The minimum atomic E-state index is -0.418. The molecular formula is C13H20N2O3S. The maximum Gasteiger partial charge on any atom is 0.350 e. The number of aryl methyl sites for hydroxylation is 1. The number of anilines is 1. The van der Waals surface area contributed by atoms with E-state index in [1.165, 1.54) is 7.11 Å². The van der Waals surface area contributed by atoms with Crippen LogP contribution in [0, 0.1) is 6.92 Å². The summed E-state index contributed by atoms with van der Waals surface area (Å²) in [5, 5.41) is 3.18. The van der Waals surface area contributed by atoms with Crippen LogP contribution < -0.4 is 5.32 Å². The summed E-state index contributed by atoms with van der Waals surface area (Å²) in [5.74, 6) is -0.472. The van der Waals surface area contributed by atoms with Crippen molar-refractivity contribution in [3.05, 3.63) is 10.6 Å². The SMILES string of the molecule is CCCCCCC(=O)Nc1nc(C)c(C(=O)OC)s1. The number of amides is 1. The summed E-state index contributed by atoms with van der Waals surface area (Å²) < 4.78 is 4.65. The first kappa shape index (κ1) is 15.6. The predicted molar refractivity (Wildman–Crippen MR) is 75.6 cm³/mol. The fourth-order valence-corrected chi connectivity index (χ4v) is 2.53. The smallest absolute Gasteiger partial charge is 0.350 e. The molecule has 0 aliphatic carbocycles. The Kier molecular flexibility index (Phi) is 6.49. The molecule has 19 heavy (non-hydrogen) atoms. The first-order chi connectivity index (χ1) is 9.08. The van der Waals surface area contributed by atoms with Crippen molar-refractivity contribution in [1.29, 1.82) is 0 Å². The Labute approximate surface area is 117 Å². The monoisotopic (exact) mass is 284 g/mol. The van der Waals surface area contributed by atoms with Gasteiger partial charge in [-0.1, -0.05) is 37.5 Å². The van der Waals surface area contributed by atoms with Gasteiger partial charge in [0, 0.05) is 6.42 Å². The molecule has 0 radical (unpaired) electrons. The van der Waals surface area contributed by atoms with Gasteiger partial charge in [-0.3, -0.25) is 4.79 Å². The molecule has 1 amide bonds. The molecule has 1 heterocycles. The third-order valence-electron chi connectivity index (χ3n) is 2.67. The first-order valence-corrected chi connectivity index (χ1v) is 7.25. The van der Waals surface area contributed by atoms with Crippen molar-refractivity contribution in [3.63, 3.8) is 0 Å². The molecule has 0 aliphatic rings. The average molecular weight is 284 g/mol. The highest BCUT2D eigenvalue weighted by atomic mass is 32.1. The fraction of sp³-hybridized carbons (Fsp3) is 0.615. The number of carbonyl (C=O) groups excluding carboxylic acids is 2. The topological polar surface area (TPSA) is 68.3 Å². The molecule has 6 heteroatoms. The van der Waals surface area contributed by atoms with Crippen LogP contribution in [0.4, 0.5) is 5.13 Å². The van der Waals surface area contributed by atoms with Gasteiger partial charge in [-0.05, 0) is 13.3 Å². The van der Waals surface area contributed by atoms with E-state index in [9.17, 15) is 9.59 Å². The number of nitrogens with zero attached hydrogens (tertiary/aromatic N) is 1. The first-order valence-electron chi connectivity index (χ1n) is 6.44. The third-order valence-corrected chi connectivity index (χ3v) is 3.72. The van der Waals surface area contributed by atoms with Crippen LogP contribution in [0.3, 0.4) is 0 Å². The second-order valence-corrected chi connectivity index (χ2v) is 5.28. The number of aromatic nitrogens is 1. The van der Waals surface area contributed by atoms with Gasteiger partial charge in [0.25, 0.3) is 0 Å². The van der Waals surface area contributed by atoms with Crippen LogP contribution in [0.2, 0.25) is 0 Å². The van der Waals surface area contributed by atoms with Gasteiger partial charge >= 0.3 is 5.97 Å². The fourth-order valence-electron chi connectivity index (χ4n) is 1.63. The van der Waals surface area contributed by atoms with Crippen LogP contribution >= 0.6 is 11.3 Å². The predicted octanol–water partition coefficient (Wildman–Crippen LogP) is 3.15. The lowest BCUT2D eigenvalue weighted by molar-refractivity contribution is -0.116. The number of hydrogen-bond acceptors (Lipinski definition) is 5. The van der Waals surface area contributed by atoms with E-state index in [2.05, 4.69) is 22.0 Å². The van der Waals surface area contributed by atoms with Crippen LogP contribution in [0.5, 0.6) is 0 Å². The van der Waals surface area contributed by atoms with Crippen molar-refractivity contribution in [2.75, 3.05) is 12.4 Å². The minimum Gasteiger partial charge on any atom is -0.465 e. The van der Waals surface area contributed by atoms with Crippen molar-refractivity contribution in [1.82, 2.24) is 4.98 Å². The summed E-state index contributed by atoms with van der Waals surface area (Å²) >= 11 is 1.15. The van der Waals surface area contributed by atoms with E-state index in [0.29, 0.717) is 22.1 Å². The van der Waals surface area contributed by atoms with Gasteiger partial charge in [0.05, 0.1) is 12.8 Å². The molecule has 0 unspecified atom stereocenters. The number of esters is 1. The average Bonchev–Trinajstić information content (AvgIpc) is 2.74. The van der Waals surface area contributed by atoms with Crippen LogP contribution in [0.25, 0.3) is 0 Å². The number of nitrogens with one attached hydrogen (secondary N) is 1. The molecule has 1 N–H and O–H groups in total. The van der Waals surface area contributed by atoms with Gasteiger partial charge in [-0.25, -0.2) is 9.78 Å². The van der Waals surface area contributed by atoms with Crippen molar-refractivity contribution >= 4 is 28.3 Å². The normalized spacial score (nSPS) is 10.3. The lowest BCUT2D eigenvalue weighted by atomic mass is 10.1. The zero-order chi connectivity index (χ0) is 14.3. The number of thiazole rings is 1. The second-order valence-electron chi connectivity index (χ2n) is 4.28.